The molecule has 0 saturated carbocycles. The first-order valence-corrected chi connectivity index (χ1v) is 6.69. The Morgan fingerprint density at radius 2 is 1.76 bits per heavy atom. The zero-order valence-electron chi connectivity index (χ0n) is 12.3. The van der Waals surface area contributed by atoms with Crippen LogP contribution in [0.25, 0.3) is 5.57 Å². The van der Waals surface area contributed by atoms with Crippen LogP contribution >= 0.6 is 0 Å². The summed E-state index contributed by atoms with van der Waals surface area (Å²) >= 11 is 0. The number of carbonyl (C=O) groups is 1. The van der Waals surface area contributed by atoms with Crippen molar-refractivity contribution < 1.29 is 19.4 Å². The average Bonchev–Trinajstić information content (AvgIpc) is 2.51. The number of benzene rings is 1. The van der Waals surface area contributed by atoms with Crippen LogP contribution in [-0.4, -0.2) is 25.1 Å². The Labute approximate surface area is 124 Å². The lowest BCUT2D eigenvalue weighted by Crippen LogP contribution is -2.09. The number of aliphatic hydroxyl groups is 1. The van der Waals surface area contributed by atoms with E-state index < -0.39 is 5.78 Å². The number of ether oxygens (including phenoxy) is 2. The standard InChI is InChI=1S/C17H18O4/c1-4-13(11-5-7-12(20-2)8-6-11)14-9-15(18)16(19)10-17(14)21-3/h5-10,18H,4H2,1-3H3/b14-13+. The molecule has 0 heterocycles. The van der Waals surface area contributed by atoms with E-state index >= 15 is 0 Å². The van der Waals surface area contributed by atoms with Crippen molar-refractivity contribution in [3.8, 4) is 5.75 Å². The summed E-state index contributed by atoms with van der Waals surface area (Å²) in [6, 6.07) is 7.64. The molecule has 0 amide bonds. The van der Waals surface area contributed by atoms with E-state index in [9.17, 15) is 9.90 Å². The van der Waals surface area contributed by atoms with Crippen LogP contribution in [0.1, 0.15) is 18.9 Å². The van der Waals surface area contributed by atoms with Crippen molar-refractivity contribution >= 4 is 11.4 Å². The van der Waals surface area contributed by atoms with Crippen molar-refractivity contribution in [2.75, 3.05) is 14.2 Å². The van der Waals surface area contributed by atoms with Gasteiger partial charge in [-0.1, -0.05) is 19.1 Å². The first kappa shape index (κ1) is 14.9. The van der Waals surface area contributed by atoms with E-state index in [0.717, 1.165) is 28.9 Å². The number of aliphatic hydroxyl groups excluding tert-OH is 1. The summed E-state index contributed by atoms with van der Waals surface area (Å²) in [7, 11) is 3.13. The van der Waals surface area contributed by atoms with Gasteiger partial charge in [0.25, 0.3) is 0 Å². The average molecular weight is 286 g/mol. The van der Waals surface area contributed by atoms with E-state index in [-0.39, 0.29) is 5.76 Å². The lowest BCUT2D eigenvalue weighted by atomic mass is 9.93. The van der Waals surface area contributed by atoms with E-state index in [0.29, 0.717) is 5.76 Å². The lowest BCUT2D eigenvalue weighted by molar-refractivity contribution is -0.113. The first-order valence-electron chi connectivity index (χ1n) is 6.69. The fourth-order valence-electron chi connectivity index (χ4n) is 2.30. The van der Waals surface area contributed by atoms with E-state index in [2.05, 4.69) is 0 Å². The van der Waals surface area contributed by atoms with Crippen LogP contribution in [0, 0.1) is 0 Å². The van der Waals surface area contributed by atoms with Crippen molar-refractivity contribution in [2.24, 2.45) is 0 Å². The second kappa shape index (κ2) is 6.31. The minimum Gasteiger partial charge on any atom is -0.504 e. The van der Waals surface area contributed by atoms with Gasteiger partial charge in [-0.25, -0.2) is 0 Å². The molecule has 1 aromatic rings. The highest BCUT2D eigenvalue weighted by molar-refractivity contribution is 6.05. The molecular weight excluding hydrogens is 268 g/mol. The number of rotatable bonds is 4. The quantitative estimate of drug-likeness (QED) is 0.921. The molecule has 0 aromatic heterocycles. The predicted octanol–water partition coefficient (Wildman–Crippen LogP) is 3.41. The van der Waals surface area contributed by atoms with Gasteiger partial charge in [-0.2, -0.15) is 0 Å². The summed E-state index contributed by atoms with van der Waals surface area (Å²) in [5.41, 5.74) is 2.71. The van der Waals surface area contributed by atoms with Gasteiger partial charge in [0, 0.05) is 11.6 Å². The molecule has 4 nitrogen and oxygen atoms in total. The Morgan fingerprint density at radius 1 is 1.10 bits per heavy atom. The van der Waals surface area contributed by atoms with E-state index in [4.69, 9.17) is 9.47 Å². The number of ketones is 1. The zero-order chi connectivity index (χ0) is 15.4. The molecule has 1 aromatic carbocycles. The first-order chi connectivity index (χ1) is 10.1. The number of hydrogen-bond donors (Lipinski definition) is 1. The van der Waals surface area contributed by atoms with Gasteiger partial charge in [0.15, 0.2) is 5.76 Å². The molecule has 0 aliphatic heterocycles. The van der Waals surface area contributed by atoms with E-state index in [1.165, 1.54) is 19.3 Å². The highest BCUT2D eigenvalue weighted by Gasteiger charge is 2.20. The van der Waals surface area contributed by atoms with Crippen molar-refractivity contribution in [1.29, 1.82) is 0 Å². The van der Waals surface area contributed by atoms with Crippen molar-refractivity contribution in [1.82, 2.24) is 0 Å². The Kier molecular flexibility index (Phi) is 4.48. The molecule has 0 unspecified atom stereocenters. The Bertz CT molecular complexity index is 633. The monoisotopic (exact) mass is 286 g/mol. The van der Waals surface area contributed by atoms with E-state index in [1.54, 1.807) is 7.11 Å². The third-order valence-corrected chi connectivity index (χ3v) is 3.40. The fourth-order valence-corrected chi connectivity index (χ4v) is 2.30. The summed E-state index contributed by atoms with van der Waals surface area (Å²) in [5.74, 6) is 0.524. The Morgan fingerprint density at radius 3 is 2.29 bits per heavy atom. The minimum absolute atomic E-state index is 0.273. The van der Waals surface area contributed by atoms with Gasteiger partial charge < -0.3 is 14.6 Å². The topological polar surface area (TPSA) is 55.8 Å². The number of carbonyl (C=O) groups excluding carboxylic acids is 1. The fraction of sp³-hybridized carbons (Fsp3) is 0.235. The Hall–Kier alpha value is -2.49. The minimum atomic E-state index is -0.444. The van der Waals surface area contributed by atoms with E-state index in [1.807, 2.05) is 31.2 Å². The van der Waals surface area contributed by atoms with Gasteiger partial charge in [-0.3, -0.25) is 4.79 Å². The third kappa shape index (κ3) is 2.99. The van der Waals surface area contributed by atoms with Gasteiger partial charge >= 0.3 is 0 Å². The Balaban J connectivity index is 2.55. The van der Waals surface area contributed by atoms with Gasteiger partial charge in [0.2, 0.25) is 5.78 Å². The second-order valence-electron chi connectivity index (χ2n) is 4.58. The van der Waals surface area contributed by atoms with Crippen LogP contribution in [0.5, 0.6) is 5.75 Å². The second-order valence-corrected chi connectivity index (χ2v) is 4.58. The molecule has 0 saturated heterocycles. The molecule has 110 valence electrons. The molecule has 0 atom stereocenters. The van der Waals surface area contributed by atoms with Gasteiger partial charge in [-0.05, 0) is 35.8 Å². The highest BCUT2D eigenvalue weighted by Crippen LogP contribution is 2.31. The molecule has 1 N–H and O–H groups in total. The summed E-state index contributed by atoms with van der Waals surface area (Å²) in [5, 5.41) is 9.69. The number of hydrogen-bond acceptors (Lipinski definition) is 4. The van der Waals surface area contributed by atoms with Gasteiger partial charge in [-0.15, -0.1) is 0 Å². The maximum Gasteiger partial charge on any atom is 0.223 e. The number of allylic oxidation sites excluding steroid dienone is 3. The molecule has 0 fully saturated rings. The smallest absolute Gasteiger partial charge is 0.223 e. The SMILES string of the molecule is CC/C(=C1/C=C(O)C(=O)C=C1OC)c1ccc(OC)cc1. The zero-order valence-corrected chi connectivity index (χ0v) is 12.3. The number of methoxy groups -OCH3 is 2. The highest BCUT2D eigenvalue weighted by atomic mass is 16.5. The lowest BCUT2D eigenvalue weighted by Gasteiger charge is -2.17. The van der Waals surface area contributed by atoms with Crippen LogP contribution in [0.4, 0.5) is 0 Å². The molecule has 4 heteroatoms. The van der Waals surface area contributed by atoms with Crippen molar-refractivity contribution in [3.63, 3.8) is 0 Å². The van der Waals surface area contributed by atoms with Crippen molar-refractivity contribution in [2.45, 2.75) is 13.3 Å². The van der Waals surface area contributed by atoms with Crippen LogP contribution in [0.2, 0.25) is 0 Å². The predicted molar refractivity (Wildman–Crippen MR) is 81.0 cm³/mol. The summed E-state index contributed by atoms with van der Waals surface area (Å²) in [6.45, 7) is 2.02. The summed E-state index contributed by atoms with van der Waals surface area (Å²) in [4.78, 5) is 11.5. The largest absolute Gasteiger partial charge is 0.504 e. The third-order valence-electron chi connectivity index (χ3n) is 3.40. The summed E-state index contributed by atoms with van der Waals surface area (Å²) in [6.07, 6.45) is 3.51. The van der Waals surface area contributed by atoms with Crippen LogP contribution < -0.4 is 4.74 Å². The summed E-state index contributed by atoms with van der Waals surface area (Å²) < 4.78 is 10.4. The molecule has 0 spiro atoms. The molecule has 0 radical (unpaired) electrons. The maximum atomic E-state index is 11.5. The van der Waals surface area contributed by atoms with Gasteiger partial charge in [0.1, 0.15) is 11.5 Å². The molecule has 21 heavy (non-hydrogen) atoms. The normalized spacial score (nSPS) is 17.0. The molecule has 2 rings (SSSR count). The van der Waals surface area contributed by atoms with Crippen LogP contribution in [0.3, 0.4) is 0 Å². The maximum absolute atomic E-state index is 11.5. The molecule has 0 bridgehead atoms. The molecule has 1 aliphatic carbocycles. The van der Waals surface area contributed by atoms with Gasteiger partial charge in [0.05, 0.1) is 14.2 Å². The molecule has 1 aliphatic rings. The molecular formula is C17H18O4. The van der Waals surface area contributed by atoms with Crippen molar-refractivity contribution in [3.05, 3.63) is 59.1 Å². The van der Waals surface area contributed by atoms with Crippen LogP contribution in [-0.2, 0) is 9.53 Å². The van der Waals surface area contributed by atoms with Crippen LogP contribution in [0.15, 0.2) is 53.5 Å².